The standard InChI is InChI=1S/C27H27NO3/c1-28(25(27(30)16-9-17-27)19-10-3-2-4-11-19)26(29)31-18-24-22-14-7-5-12-20(22)21-13-6-8-15-23(21)24/h2-8,10-15,24-25,30H,9,16-18H2,1H3. The third kappa shape index (κ3) is 3.41. The van der Waals surface area contributed by atoms with Crippen molar-refractivity contribution in [1.29, 1.82) is 0 Å². The highest BCUT2D eigenvalue weighted by atomic mass is 16.6. The number of hydrogen-bond donors (Lipinski definition) is 1. The predicted molar refractivity (Wildman–Crippen MR) is 121 cm³/mol. The summed E-state index contributed by atoms with van der Waals surface area (Å²) in [7, 11) is 1.73. The van der Waals surface area contributed by atoms with Crippen molar-refractivity contribution in [2.45, 2.75) is 36.8 Å². The van der Waals surface area contributed by atoms with Crippen molar-refractivity contribution in [2.75, 3.05) is 13.7 Å². The zero-order chi connectivity index (χ0) is 21.4. The van der Waals surface area contributed by atoms with E-state index in [-0.39, 0.29) is 12.5 Å². The first kappa shape index (κ1) is 19.8. The van der Waals surface area contributed by atoms with Crippen molar-refractivity contribution in [1.82, 2.24) is 4.90 Å². The number of fused-ring (bicyclic) bond motifs is 3. The first-order valence-electron chi connectivity index (χ1n) is 10.9. The highest BCUT2D eigenvalue weighted by Crippen LogP contribution is 2.46. The number of nitrogens with zero attached hydrogens (tertiary/aromatic N) is 1. The molecule has 3 aromatic carbocycles. The second kappa shape index (κ2) is 7.86. The monoisotopic (exact) mass is 413 g/mol. The van der Waals surface area contributed by atoms with Gasteiger partial charge in [-0.05, 0) is 47.1 Å². The normalized spacial score (nSPS) is 17.2. The van der Waals surface area contributed by atoms with Gasteiger partial charge in [0.25, 0.3) is 0 Å². The SMILES string of the molecule is CN(C(=O)OCC1c2ccccc2-c2ccccc21)C(c1ccccc1)C1(O)CCC1. The molecule has 1 saturated carbocycles. The van der Waals surface area contributed by atoms with Crippen LogP contribution in [-0.4, -0.2) is 35.4 Å². The van der Waals surface area contributed by atoms with Gasteiger partial charge in [-0.15, -0.1) is 0 Å². The average Bonchev–Trinajstić information content (AvgIpc) is 3.11. The summed E-state index contributed by atoms with van der Waals surface area (Å²) in [5.74, 6) is 0.0201. The van der Waals surface area contributed by atoms with Gasteiger partial charge in [-0.1, -0.05) is 78.9 Å². The molecule has 0 saturated heterocycles. The Kier molecular flexibility index (Phi) is 5.03. The molecule has 1 amide bonds. The van der Waals surface area contributed by atoms with Crippen molar-refractivity contribution in [3.63, 3.8) is 0 Å². The first-order chi connectivity index (χ1) is 15.1. The molecule has 1 atom stereocenters. The summed E-state index contributed by atoms with van der Waals surface area (Å²) in [6.45, 7) is 0.275. The van der Waals surface area contributed by atoms with Gasteiger partial charge in [-0.2, -0.15) is 0 Å². The second-order valence-corrected chi connectivity index (χ2v) is 8.69. The molecular formula is C27H27NO3. The highest BCUT2D eigenvalue weighted by Gasteiger charge is 2.46. The molecule has 5 rings (SSSR count). The summed E-state index contributed by atoms with van der Waals surface area (Å²) in [6.07, 6.45) is 1.94. The number of hydrogen-bond acceptors (Lipinski definition) is 3. The topological polar surface area (TPSA) is 49.8 Å². The minimum absolute atomic E-state index is 0.0201. The van der Waals surface area contributed by atoms with Crippen LogP contribution >= 0.6 is 0 Å². The number of likely N-dealkylation sites (N-methyl/N-ethyl adjacent to an activating group) is 1. The largest absolute Gasteiger partial charge is 0.448 e. The van der Waals surface area contributed by atoms with Crippen LogP contribution in [0.2, 0.25) is 0 Å². The van der Waals surface area contributed by atoms with Gasteiger partial charge >= 0.3 is 6.09 Å². The average molecular weight is 414 g/mol. The van der Waals surface area contributed by atoms with E-state index in [4.69, 9.17) is 4.74 Å². The first-order valence-corrected chi connectivity index (χ1v) is 10.9. The van der Waals surface area contributed by atoms with Crippen LogP contribution in [0.5, 0.6) is 0 Å². The minimum atomic E-state index is -0.901. The number of ether oxygens (including phenoxy) is 1. The molecule has 1 fully saturated rings. The summed E-state index contributed by atoms with van der Waals surface area (Å²) in [4.78, 5) is 14.7. The third-order valence-corrected chi connectivity index (χ3v) is 6.86. The molecule has 158 valence electrons. The Bertz CT molecular complexity index is 1040. The maximum atomic E-state index is 13.1. The lowest BCUT2D eigenvalue weighted by molar-refractivity contribution is -0.0949. The van der Waals surface area contributed by atoms with Gasteiger partial charge in [0.2, 0.25) is 0 Å². The molecule has 0 bridgehead atoms. The Morgan fingerprint density at radius 1 is 0.968 bits per heavy atom. The fraction of sp³-hybridized carbons (Fsp3) is 0.296. The second-order valence-electron chi connectivity index (χ2n) is 8.69. The Balaban J connectivity index is 1.37. The predicted octanol–water partition coefficient (Wildman–Crippen LogP) is 5.52. The van der Waals surface area contributed by atoms with Gasteiger partial charge in [-0.3, -0.25) is 0 Å². The van der Waals surface area contributed by atoms with Crippen molar-refractivity contribution >= 4 is 6.09 Å². The van der Waals surface area contributed by atoms with E-state index in [2.05, 4.69) is 24.3 Å². The van der Waals surface area contributed by atoms with E-state index < -0.39 is 17.7 Å². The lowest BCUT2D eigenvalue weighted by Crippen LogP contribution is -2.51. The van der Waals surface area contributed by atoms with E-state index >= 15 is 0 Å². The molecule has 2 aliphatic carbocycles. The molecule has 2 aliphatic rings. The fourth-order valence-electron chi connectivity index (χ4n) is 5.14. The van der Waals surface area contributed by atoms with Gasteiger partial charge in [0, 0.05) is 13.0 Å². The van der Waals surface area contributed by atoms with Gasteiger partial charge in [0.15, 0.2) is 0 Å². The number of amides is 1. The van der Waals surface area contributed by atoms with E-state index in [1.165, 1.54) is 22.3 Å². The molecular weight excluding hydrogens is 386 g/mol. The summed E-state index contributed by atoms with van der Waals surface area (Å²) in [5, 5.41) is 11.1. The fourth-order valence-corrected chi connectivity index (χ4v) is 5.14. The molecule has 3 aromatic rings. The van der Waals surface area contributed by atoms with E-state index in [1.54, 1.807) is 11.9 Å². The van der Waals surface area contributed by atoms with Gasteiger partial charge in [0.05, 0.1) is 11.6 Å². The number of carbonyl (C=O) groups is 1. The Hall–Kier alpha value is -3.11. The molecule has 1 N–H and O–H groups in total. The molecule has 0 aliphatic heterocycles. The van der Waals surface area contributed by atoms with Gasteiger partial charge in [-0.25, -0.2) is 4.79 Å². The molecule has 1 unspecified atom stereocenters. The van der Waals surface area contributed by atoms with Crippen LogP contribution in [0.1, 0.15) is 47.9 Å². The van der Waals surface area contributed by atoms with Crippen molar-refractivity contribution in [2.24, 2.45) is 0 Å². The zero-order valence-corrected chi connectivity index (χ0v) is 17.7. The van der Waals surface area contributed by atoms with Crippen LogP contribution in [0.4, 0.5) is 4.79 Å². The number of carbonyl (C=O) groups excluding carboxylic acids is 1. The van der Waals surface area contributed by atoms with Gasteiger partial charge in [0.1, 0.15) is 6.61 Å². The Morgan fingerprint density at radius 3 is 2.06 bits per heavy atom. The maximum absolute atomic E-state index is 13.1. The maximum Gasteiger partial charge on any atom is 0.410 e. The summed E-state index contributed by atoms with van der Waals surface area (Å²) < 4.78 is 5.84. The van der Waals surface area contributed by atoms with Crippen LogP contribution in [0.25, 0.3) is 11.1 Å². The molecule has 31 heavy (non-hydrogen) atoms. The quantitative estimate of drug-likeness (QED) is 0.599. The molecule has 4 heteroatoms. The summed E-state index contributed by atoms with van der Waals surface area (Å²) in [5.41, 5.74) is 4.83. The summed E-state index contributed by atoms with van der Waals surface area (Å²) in [6, 6.07) is 26.0. The van der Waals surface area contributed by atoms with E-state index in [1.807, 2.05) is 54.6 Å². The Morgan fingerprint density at radius 2 is 1.52 bits per heavy atom. The van der Waals surface area contributed by atoms with Crippen LogP contribution in [0, 0.1) is 0 Å². The molecule has 0 aromatic heterocycles. The number of aliphatic hydroxyl groups is 1. The zero-order valence-electron chi connectivity index (χ0n) is 17.7. The van der Waals surface area contributed by atoms with Crippen LogP contribution in [0.3, 0.4) is 0 Å². The van der Waals surface area contributed by atoms with Crippen LogP contribution in [0.15, 0.2) is 78.9 Å². The molecule has 0 spiro atoms. The lowest BCUT2D eigenvalue weighted by Gasteiger charge is -2.46. The molecule has 0 heterocycles. The Labute approximate surface area is 183 Å². The number of benzene rings is 3. The van der Waals surface area contributed by atoms with Crippen LogP contribution in [-0.2, 0) is 4.74 Å². The summed E-state index contributed by atoms with van der Waals surface area (Å²) >= 11 is 0. The third-order valence-electron chi connectivity index (χ3n) is 6.86. The van der Waals surface area contributed by atoms with Crippen LogP contribution < -0.4 is 0 Å². The van der Waals surface area contributed by atoms with Crippen molar-refractivity contribution < 1.29 is 14.6 Å². The molecule has 0 radical (unpaired) electrons. The lowest BCUT2D eigenvalue weighted by atomic mass is 9.72. The van der Waals surface area contributed by atoms with E-state index in [9.17, 15) is 9.90 Å². The van der Waals surface area contributed by atoms with Crippen molar-refractivity contribution in [3.05, 3.63) is 95.6 Å². The highest BCUT2D eigenvalue weighted by molar-refractivity contribution is 5.79. The molecule has 4 nitrogen and oxygen atoms in total. The van der Waals surface area contributed by atoms with E-state index in [0.717, 1.165) is 12.0 Å². The van der Waals surface area contributed by atoms with Gasteiger partial charge < -0.3 is 14.7 Å². The van der Waals surface area contributed by atoms with Crippen molar-refractivity contribution in [3.8, 4) is 11.1 Å². The van der Waals surface area contributed by atoms with E-state index in [0.29, 0.717) is 12.8 Å². The number of rotatable bonds is 5. The minimum Gasteiger partial charge on any atom is -0.448 e. The smallest absolute Gasteiger partial charge is 0.410 e.